The predicted octanol–water partition coefficient (Wildman–Crippen LogP) is -0.0477. The summed E-state index contributed by atoms with van der Waals surface area (Å²) in [6.07, 6.45) is 2.53. The molecular weight excluding hydrogens is 200 g/mol. The Morgan fingerprint density at radius 3 is 2.57 bits per heavy atom. The van der Waals surface area contributed by atoms with Crippen molar-refractivity contribution in [2.45, 2.75) is 37.6 Å². The number of aliphatic hydroxyl groups is 1. The Balaban J connectivity index is 4.03. The molecule has 0 aliphatic carbocycles. The van der Waals surface area contributed by atoms with Crippen molar-refractivity contribution in [2.75, 3.05) is 12.9 Å². The highest BCUT2D eigenvalue weighted by Crippen LogP contribution is 2.10. The average Bonchev–Trinajstić information content (AvgIpc) is 2.18. The molecule has 0 bridgehead atoms. The van der Waals surface area contributed by atoms with E-state index in [9.17, 15) is 4.79 Å². The average molecular weight is 220 g/mol. The zero-order valence-corrected chi connectivity index (χ0v) is 9.80. The van der Waals surface area contributed by atoms with E-state index in [0.717, 1.165) is 0 Å². The van der Waals surface area contributed by atoms with Crippen LogP contribution in [0.5, 0.6) is 0 Å². The lowest BCUT2D eigenvalue weighted by molar-refractivity contribution is -0.123. The van der Waals surface area contributed by atoms with Gasteiger partial charge in [0.05, 0.1) is 12.6 Å². The van der Waals surface area contributed by atoms with E-state index in [4.69, 9.17) is 10.8 Å². The second-order valence-corrected chi connectivity index (χ2v) is 4.35. The van der Waals surface area contributed by atoms with Crippen molar-refractivity contribution >= 4 is 17.7 Å². The zero-order chi connectivity index (χ0) is 11.1. The Bertz CT molecular complexity index is 174. The van der Waals surface area contributed by atoms with Crippen LogP contribution in [0.3, 0.4) is 0 Å². The lowest BCUT2D eigenvalue weighted by atomic mass is 10.2. The predicted molar refractivity (Wildman–Crippen MR) is 60.3 cm³/mol. The van der Waals surface area contributed by atoms with Crippen molar-refractivity contribution < 1.29 is 9.90 Å². The van der Waals surface area contributed by atoms with E-state index in [-0.39, 0.29) is 23.8 Å². The minimum Gasteiger partial charge on any atom is -0.395 e. The minimum absolute atomic E-state index is 0.0306. The molecule has 0 saturated heterocycles. The van der Waals surface area contributed by atoms with Crippen LogP contribution in [0.25, 0.3) is 0 Å². The number of hydrogen-bond acceptors (Lipinski definition) is 4. The van der Waals surface area contributed by atoms with Gasteiger partial charge < -0.3 is 16.2 Å². The Morgan fingerprint density at radius 2 is 2.21 bits per heavy atom. The highest BCUT2D eigenvalue weighted by atomic mass is 32.2. The second-order valence-electron chi connectivity index (χ2n) is 3.27. The standard InChI is InChI=1S/C9H20N2O2S/c1-4-7(10)9(13)11-6(2)8(5-12)14-3/h6-8,12H,4-5,10H2,1-3H3,(H,11,13). The number of carbonyl (C=O) groups excluding carboxylic acids is 1. The maximum atomic E-state index is 11.4. The van der Waals surface area contributed by atoms with E-state index < -0.39 is 6.04 Å². The largest absolute Gasteiger partial charge is 0.395 e. The highest BCUT2D eigenvalue weighted by Gasteiger charge is 2.19. The number of hydrogen-bond donors (Lipinski definition) is 3. The Hall–Kier alpha value is -0.260. The van der Waals surface area contributed by atoms with Crippen molar-refractivity contribution in [1.82, 2.24) is 5.32 Å². The monoisotopic (exact) mass is 220 g/mol. The molecule has 0 aliphatic heterocycles. The molecule has 0 aliphatic rings. The van der Waals surface area contributed by atoms with Gasteiger partial charge in [-0.25, -0.2) is 0 Å². The van der Waals surface area contributed by atoms with Gasteiger partial charge in [-0.05, 0) is 19.6 Å². The second kappa shape index (κ2) is 7.09. The molecule has 0 aromatic carbocycles. The van der Waals surface area contributed by atoms with Gasteiger partial charge in [0, 0.05) is 11.3 Å². The van der Waals surface area contributed by atoms with Crippen LogP contribution in [0.2, 0.25) is 0 Å². The van der Waals surface area contributed by atoms with Crippen LogP contribution in [0, 0.1) is 0 Å². The van der Waals surface area contributed by atoms with Gasteiger partial charge in [-0.15, -0.1) is 0 Å². The van der Waals surface area contributed by atoms with Crippen LogP contribution in [0.1, 0.15) is 20.3 Å². The van der Waals surface area contributed by atoms with Gasteiger partial charge in [-0.2, -0.15) is 11.8 Å². The van der Waals surface area contributed by atoms with Gasteiger partial charge in [0.1, 0.15) is 0 Å². The van der Waals surface area contributed by atoms with Crippen LogP contribution >= 0.6 is 11.8 Å². The molecule has 0 rings (SSSR count). The van der Waals surface area contributed by atoms with Gasteiger partial charge >= 0.3 is 0 Å². The summed E-state index contributed by atoms with van der Waals surface area (Å²) in [6.45, 7) is 3.80. The van der Waals surface area contributed by atoms with E-state index >= 15 is 0 Å². The van der Waals surface area contributed by atoms with Gasteiger partial charge in [0.15, 0.2) is 0 Å². The van der Waals surface area contributed by atoms with Crippen LogP contribution in [0.15, 0.2) is 0 Å². The third-order valence-corrected chi connectivity index (χ3v) is 3.35. The zero-order valence-electron chi connectivity index (χ0n) is 8.99. The number of carbonyl (C=O) groups is 1. The topological polar surface area (TPSA) is 75.4 Å². The molecule has 3 atom stereocenters. The fraction of sp³-hybridized carbons (Fsp3) is 0.889. The van der Waals surface area contributed by atoms with Gasteiger partial charge in [-0.1, -0.05) is 6.92 Å². The quantitative estimate of drug-likeness (QED) is 0.587. The molecule has 0 spiro atoms. The van der Waals surface area contributed by atoms with Crippen LogP contribution in [-0.2, 0) is 4.79 Å². The van der Waals surface area contributed by atoms with Gasteiger partial charge in [0.25, 0.3) is 0 Å². The maximum Gasteiger partial charge on any atom is 0.237 e. The first kappa shape index (κ1) is 13.7. The van der Waals surface area contributed by atoms with Crippen molar-refractivity contribution in [3.8, 4) is 0 Å². The maximum absolute atomic E-state index is 11.4. The van der Waals surface area contributed by atoms with Gasteiger partial charge in [-0.3, -0.25) is 4.79 Å². The number of nitrogens with two attached hydrogens (primary N) is 1. The third kappa shape index (κ3) is 4.30. The molecular formula is C9H20N2O2S. The van der Waals surface area contributed by atoms with Crippen molar-refractivity contribution in [2.24, 2.45) is 5.73 Å². The summed E-state index contributed by atoms with van der Waals surface area (Å²) in [5, 5.41) is 11.8. The molecule has 4 nitrogen and oxygen atoms in total. The first-order chi connectivity index (χ1) is 6.56. The fourth-order valence-corrected chi connectivity index (χ4v) is 1.67. The summed E-state index contributed by atoms with van der Waals surface area (Å²) in [4.78, 5) is 11.4. The van der Waals surface area contributed by atoms with E-state index in [1.165, 1.54) is 11.8 Å². The first-order valence-corrected chi connectivity index (χ1v) is 6.05. The number of rotatable bonds is 6. The lowest BCUT2D eigenvalue weighted by Gasteiger charge is -2.22. The molecule has 4 N–H and O–H groups in total. The van der Waals surface area contributed by atoms with Crippen LogP contribution < -0.4 is 11.1 Å². The van der Waals surface area contributed by atoms with Crippen LogP contribution in [0.4, 0.5) is 0 Å². The van der Waals surface area contributed by atoms with Crippen molar-refractivity contribution in [3.05, 3.63) is 0 Å². The molecule has 84 valence electrons. The molecule has 1 amide bonds. The highest BCUT2D eigenvalue weighted by molar-refractivity contribution is 7.99. The Morgan fingerprint density at radius 1 is 1.64 bits per heavy atom. The normalized spacial score (nSPS) is 17.2. The summed E-state index contributed by atoms with van der Waals surface area (Å²) in [7, 11) is 0. The summed E-state index contributed by atoms with van der Waals surface area (Å²) in [5.41, 5.74) is 5.57. The number of aliphatic hydroxyl groups excluding tert-OH is 1. The molecule has 0 radical (unpaired) electrons. The van der Waals surface area contributed by atoms with E-state index in [0.29, 0.717) is 6.42 Å². The number of amides is 1. The molecule has 5 heteroatoms. The third-order valence-electron chi connectivity index (χ3n) is 2.19. The van der Waals surface area contributed by atoms with Crippen LogP contribution in [-0.4, -0.2) is 41.2 Å². The summed E-state index contributed by atoms with van der Waals surface area (Å²) < 4.78 is 0. The lowest BCUT2D eigenvalue weighted by Crippen LogP contribution is -2.48. The van der Waals surface area contributed by atoms with Gasteiger partial charge in [0.2, 0.25) is 5.91 Å². The first-order valence-electron chi connectivity index (χ1n) is 4.76. The molecule has 14 heavy (non-hydrogen) atoms. The fourth-order valence-electron chi connectivity index (χ4n) is 1.05. The van der Waals surface area contributed by atoms with E-state index in [1.807, 2.05) is 20.1 Å². The Labute approximate surface area is 89.6 Å². The molecule has 0 heterocycles. The number of nitrogens with one attached hydrogen (secondary N) is 1. The summed E-state index contributed by atoms with van der Waals surface area (Å²) in [6, 6.07) is -0.501. The Kier molecular flexibility index (Phi) is 6.96. The molecule has 0 aromatic heterocycles. The summed E-state index contributed by atoms with van der Waals surface area (Å²) in [5.74, 6) is -0.146. The van der Waals surface area contributed by atoms with Crippen molar-refractivity contribution in [1.29, 1.82) is 0 Å². The molecule has 0 aromatic rings. The van der Waals surface area contributed by atoms with E-state index in [2.05, 4.69) is 5.32 Å². The number of thioether (sulfide) groups is 1. The summed E-state index contributed by atoms with van der Waals surface area (Å²) >= 11 is 1.53. The molecule has 0 saturated carbocycles. The van der Waals surface area contributed by atoms with E-state index in [1.54, 1.807) is 0 Å². The molecule has 3 unspecified atom stereocenters. The van der Waals surface area contributed by atoms with Crippen molar-refractivity contribution in [3.63, 3.8) is 0 Å². The minimum atomic E-state index is -0.446. The molecule has 0 fully saturated rings. The smallest absolute Gasteiger partial charge is 0.237 e. The SMILES string of the molecule is CCC(N)C(=O)NC(C)C(CO)SC.